The highest BCUT2D eigenvalue weighted by atomic mass is 16.5. The molecule has 168 valence electrons. The number of rotatable bonds is 5. The Morgan fingerprint density at radius 3 is 2.72 bits per heavy atom. The molecule has 1 N–H and O–H groups in total. The molecule has 0 saturated carbocycles. The van der Waals surface area contributed by atoms with Gasteiger partial charge in [-0.25, -0.2) is 0 Å². The summed E-state index contributed by atoms with van der Waals surface area (Å²) in [5.74, 6) is -0.287. The van der Waals surface area contributed by atoms with Crippen LogP contribution >= 0.6 is 0 Å². The first-order chi connectivity index (χ1) is 15.5. The van der Waals surface area contributed by atoms with Gasteiger partial charge in [-0.3, -0.25) is 14.5 Å². The van der Waals surface area contributed by atoms with E-state index in [4.69, 9.17) is 13.9 Å². The first-order valence-electron chi connectivity index (χ1n) is 10.9. The number of aliphatic hydroxyl groups excluding tert-OH is 1. The second kappa shape index (κ2) is 8.44. The van der Waals surface area contributed by atoms with E-state index in [1.165, 1.54) is 11.2 Å². The molecule has 3 aliphatic heterocycles. The first kappa shape index (κ1) is 20.8. The molecule has 0 aliphatic carbocycles. The van der Waals surface area contributed by atoms with Crippen molar-refractivity contribution >= 4 is 17.4 Å². The predicted octanol–water partition coefficient (Wildman–Crippen LogP) is 2.36. The number of Topliss-reactive ketones (excluding diaryl/α,β-unsaturated/α-hetero) is 1. The van der Waals surface area contributed by atoms with Gasteiger partial charge < -0.3 is 23.9 Å². The number of carbonyl (C=O) groups is 2. The van der Waals surface area contributed by atoms with E-state index in [9.17, 15) is 14.7 Å². The SMILES string of the molecule is CC1Cc2cc(/C(O)=C3\C(=O)C(=O)N(CCN4CCOCC4)C3c3ccco3)ccc2O1. The highest BCUT2D eigenvalue weighted by Gasteiger charge is 2.47. The Morgan fingerprint density at radius 2 is 1.97 bits per heavy atom. The first-order valence-corrected chi connectivity index (χ1v) is 10.9. The average molecular weight is 438 g/mol. The number of aliphatic hydroxyl groups is 1. The van der Waals surface area contributed by atoms with Gasteiger partial charge in [-0.05, 0) is 42.8 Å². The second-order valence-electron chi connectivity index (χ2n) is 8.42. The zero-order chi connectivity index (χ0) is 22.2. The fraction of sp³-hybridized carbons (Fsp3) is 0.417. The lowest BCUT2D eigenvalue weighted by Crippen LogP contribution is -2.42. The molecule has 2 saturated heterocycles. The minimum atomic E-state index is -0.769. The van der Waals surface area contributed by atoms with Crippen LogP contribution in [0.15, 0.2) is 46.6 Å². The summed E-state index contributed by atoms with van der Waals surface area (Å²) in [7, 11) is 0. The van der Waals surface area contributed by atoms with E-state index < -0.39 is 17.7 Å². The van der Waals surface area contributed by atoms with Crippen LogP contribution in [0.2, 0.25) is 0 Å². The maximum absolute atomic E-state index is 13.1. The van der Waals surface area contributed by atoms with E-state index in [2.05, 4.69) is 4.90 Å². The number of fused-ring (bicyclic) bond motifs is 1. The van der Waals surface area contributed by atoms with Gasteiger partial charge in [0.05, 0.1) is 25.1 Å². The van der Waals surface area contributed by atoms with Crippen LogP contribution in [0.4, 0.5) is 0 Å². The Hall–Kier alpha value is -3.10. The molecule has 8 heteroatoms. The summed E-state index contributed by atoms with van der Waals surface area (Å²) in [6.45, 7) is 5.82. The van der Waals surface area contributed by atoms with Crippen molar-refractivity contribution in [3.05, 3.63) is 59.1 Å². The lowest BCUT2D eigenvalue weighted by molar-refractivity contribution is -0.140. The lowest BCUT2D eigenvalue weighted by Gasteiger charge is -2.30. The molecule has 3 aliphatic rings. The van der Waals surface area contributed by atoms with Gasteiger partial charge in [0, 0.05) is 38.2 Å². The average Bonchev–Trinajstić information content (AvgIpc) is 3.51. The van der Waals surface area contributed by atoms with Gasteiger partial charge in [0.1, 0.15) is 29.4 Å². The third-order valence-electron chi connectivity index (χ3n) is 6.28. The summed E-state index contributed by atoms with van der Waals surface area (Å²) in [5.41, 5.74) is 1.51. The number of ketones is 1. The number of likely N-dealkylation sites (tertiary alicyclic amines) is 1. The number of carbonyl (C=O) groups excluding carboxylic acids is 2. The molecule has 0 spiro atoms. The highest BCUT2D eigenvalue weighted by molar-refractivity contribution is 6.46. The van der Waals surface area contributed by atoms with Crippen LogP contribution < -0.4 is 4.74 Å². The fourth-order valence-corrected chi connectivity index (χ4v) is 4.65. The molecule has 32 heavy (non-hydrogen) atoms. The zero-order valence-corrected chi connectivity index (χ0v) is 18.0. The van der Waals surface area contributed by atoms with Crippen LogP contribution in [0.25, 0.3) is 5.76 Å². The van der Waals surface area contributed by atoms with E-state index in [0.717, 1.165) is 30.8 Å². The Morgan fingerprint density at radius 1 is 1.16 bits per heavy atom. The Bertz CT molecular complexity index is 1050. The predicted molar refractivity (Wildman–Crippen MR) is 115 cm³/mol. The number of hydrogen-bond donors (Lipinski definition) is 1. The molecule has 2 unspecified atom stereocenters. The van der Waals surface area contributed by atoms with Crippen LogP contribution in [-0.4, -0.2) is 72.1 Å². The van der Waals surface area contributed by atoms with Crippen molar-refractivity contribution in [3.8, 4) is 5.75 Å². The minimum absolute atomic E-state index is 0.0545. The molecule has 5 rings (SSSR count). The number of furan rings is 1. The minimum Gasteiger partial charge on any atom is -0.507 e. The van der Waals surface area contributed by atoms with Gasteiger partial charge in [-0.1, -0.05) is 0 Å². The summed E-state index contributed by atoms with van der Waals surface area (Å²) in [6.07, 6.45) is 2.30. The third-order valence-corrected chi connectivity index (χ3v) is 6.28. The summed E-state index contributed by atoms with van der Waals surface area (Å²) in [4.78, 5) is 29.7. The molecule has 4 heterocycles. The molecule has 0 radical (unpaired) electrons. The summed E-state index contributed by atoms with van der Waals surface area (Å²) < 4.78 is 16.7. The van der Waals surface area contributed by atoms with Gasteiger partial charge >= 0.3 is 0 Å². The molecule has 2 atom stereocenters. The highest BCUT2D eigenvalue weighted by Crippen LogP contribution is 2.40. The van der Waals surface area contributed by atoms with Crippen LogP contribution in [0.3, 0.4) is 0 Å². The molecule has 2 fully saturated rings. The van der Waals surface area contributed by atoms with Crippen molar-refractivity contribution in [2.24, 2.45) is 0 Å². The van der Waals surface area contributed by atoms with Crippen molar-refractivity contribution in [2.45, 2.75) is 25.5 Å². The molecule has 1 aromatic carbocycles. The topological polar surface area (TPSA) is 92.5 Å². The molecular formula is C24H26N2O6. The Labute approximate surface area is 186 Å². The molecular weight excluding hydrogens is 412 g/mol. The number of morpholine rings is 1. The Kier molecular flexibility index (Phi) is 5.48. The molecule has 0 bridgehead atoms. The number of amides is 1. The fourth-order valence-electron chi connectivity index (χ4n) is 4.65. The van der Waals surface area contributed by atoms with E-state index >= 15 is 0 Å². The monoisotopic (exact) mass is 438 g/mol. The van der Waals surface area contributed by atoms with Crippen molar-refractivity contribution < 1.29 is 28.6 Å². The molecule has 1 amide bonds. The van der Waals surface area contributed by atoms with E-state index in [-0.39, 0.29) is 17.4 Å². The van der Waals surface area contributed by atoms with Gasteiger partial charge in [-0.15, -0.1) is 0 Å². The van der Waals surface area contributed by atoms with Crippen LogP contribution in [0, 0.1) is 0 Å². The number of hydrogen-bond acceptors (Lipinski definition) is 7. The third kappa shape index (κ3) is 3.69. The summed E-state index contributed by atoms with van der Waals surface area (Å²) in [5, 5.41) is 11.2. The normalized spacial score (nSPS) is 25.2. The van der Waals surface area contributed by atoms with Crippen LogP contribution in [-0.2, 0) is 20.7 Å². The smallest absolute Gasteiger partial charge is 0.295 e. The quantitative estimate of drug-likeness (QED) is 0.435. The largest absolute Gasteiger partial charge is 0.507 e. The van der Waals surface area contributed by atoms with Crippen LogP contribution in [0.1, 0.15) is 29.9 Å². The van der Waals surface area contributed by atoms with Gasteiger partial charge in [0.25, 0.3) is 11.7 Å². The van der Waals surface area contributed by atoms with Crippen molar-refractivity contribution in [1.82, 2.24) is 9.80 Å². The van der Waals surface area contributed by atoms with Gasteiger partial charge in [-0.2, -0.15) is 0 Å². The van der Waals surface area contributed by atoms with E-state index in [1.807, 2.05) is 13.0 Å². The van der Waals surface area contributed by atoms with Gasteiger partial charge in [0.2, 0.25) is 0 Å². The van der Waals surface area contributed by atoms with Crippen molar-refractivity contribution in [3.63, 3.8) is 0 Å². The zero-order valence-electron chi connectivity index (χ0n) is 18.0. The maximum atomic E-state index is 13.1. The molecule has 1 aromatic heterocycles. The number of benzene rings is 1. The molecule has 8 nitrogen and oxygen atoms in total. The maximum Gasteiger partial charge on any atom is 0.295 e. The Balaban J connectivity index is 1.49. The summed E-state index contributed by atoms with van der Waals surface area (Å²) in [6, 6.07) is 8.01. The van der Waals surface area contributed by atoms with Gasteiger partial charge in [0.15, 0.2) is 0 Å². The standard InChI is InChI=1S/C24H26N2O6/c1-15-13-17-14-16(4-5-18(17)32-15)22(27)20-21(19-3-2-10-31-19)26(24(29)23(20)28)7-6-25-8-11-30-12-9-25/h2-5,10,14-15,21,27H,6-9,11-13H2,1H3/b22-20+. The van der Waals surface area contributed by atoms with Crippen molar-refractivity contribution in [1.29, 1.82) is 0 Å². The lowest BCUT2D eigenvalue weighted by atomic mass is 9.97. The van der Waals surface area contributed by atoms with Crippen molar-refractivity contribution in [2.75, 3.05) is 39.4 Å². The number of nitrogens with zero attached hydrogens (tertiary/aromatic N) is 2. The van der Waals surface area contributed by atoms with Crippen LogP contribution in [0.5, 0.6) is 5.75 Å². The second-order valence-corrected chi connectivity index (χ2v) is 8.42. The number of ether oxygens (including phenoxy) is 2. The molecule has 2 aromatic rings. The van der Waals surface area contributed by atoms with E-state index in [1.54, 1.807) is 24.3 Å². The summed E-state index contributed by atoms with van der Waals surface area (Å²) >= 11 is 0. The van der Waals surface area contributed by atoms with E-state index in [0.29, 0.717) is 37.6 Å².